The Morgan fingerprint density at radius 3 is 2.79 bits per heavy atom. The summed E-state index contributed by atoms with van der Waals surface area (Å²) in [4.78, 5) is 14.5. The van der Waals surface area contributed by atoms with Gasteiger partial charge in [0.05, 0.1) is 11.0 Å². The number of non-ortho nitro benzene ring substituents is 1. The average molecular weight is 267 g/mol. The number of benzene rings is 1. The van der Waals surface area contributed by atoms with Crippen LogP contribution in [0.3, 0.4) is 0 Å². The van der Waals surface area contributed by atoms with Gasteiger partial charge in [-0.25, -0.2) is 4.39 Å². The molecule has 1 aromatic rings. The Kier molecular flexibility index (Phi) is 3.99. The third-order valence-electron chi connectivity index (χ3n) is 3.46. The number of hydrogen-bond acceptors (Lipinski definition) is 4. The minimum Gasteiger partial charge on any atom is -0.367 e. The van der Waals surface area contributed by atoms with E-state index in [-0.39, 0.29) is 11.7 Å². The summed E-state index contributed by atoms with van der Waals surface area (Å²) in [6.07, 6.45) is 0.963. The molecule has 1 saturated heterocycles. The van der Waals surface area contributed by atoms with Crippen LogP contribution in [-0.4, -0.2) is 42.5 Å². The fraction of sp³-hybridized carbons (Fsp3) is 0.538. The second-order valence-electron chi connectivity index (χ2n) is 5.08. The van der Waals surface area contributed by atoms with Crippen molar-refractivity contribution in [1.82, 2.24) is 4.90 Å². The monoisotopic (exact) mass is 267 g/mol. The third kappa shape index (κ3) is 3.20. The van der Waals surface area contributed by atoms with E-state index in [1.54, 1.807) is 0 Å². The molecule has 1 unspecified atom stereocenters. The Morgan fingerprint density at radius 1 is 1.37 bits per heavy atom. The van der Waals surface area contributed by atoms with Crippen molar-refractivity contribution >= 4 is 11.4 Å². The molecule has 1 aromatic carbocycles. The van der Waals surface area contributed by atoms with Crippen molar-refractivity contribution in [3.8, 4) is 0 Å². The van der Waals surface area contributed by atoms with Crippen molar-refractivity contribution in [1.29, 1.82) is 0 Å². The smallest absolute Gasteiger partial charge is 0.274 e. The van der Waals surface area contributed by atoms with Crippen LogP contribution in [0.15, 0.2) is 18.2 Å². The van der Waals surface area contributed by atoms with Crippen LogP contribution < -0.4 is 4.90 Å². The molecule has 5 nitrogen and oxygen atoms in total. The van der Waals surface area contributed by atoms with Crippen molar-refractivity contribution in [3.05, 3.63) is 34.1 Å². The second-order valence-corrected chi connectivity index (χ2v) is 5.08. The maximum absolute atomic E-state index is 13.5. The lowest BCUT2D eigenvalue weighted by atomic mass is 10.2. The minimum atomic E-state index is -0.561. The van der Waals surface area contributed by atoms with Gasteiger partial charge >= 0.3 is 0 Å². The first-order valence-corrected chi connectivity index (χ1v) is 6.37. The summed E-state index contributed by atoms with van der Waals surface area (Å²) < 4.78 is 13.5. The molecule has 19 heavy (non-hydrogen) atoms. The molecular weight excluding hydrogens is 249 g/mol. The highest BCUT2D eigenvalue weighted by Crippen LogP contribution is 2.26. The molecular formula is C13H18FN3O2. The molecule has 0 N–H and O–H groups in total. The lowest BCUT2D eigenvalue weighted by molar-refractivity contribution is -0.385. The van der Waals surface area contributed by atoms with Crippen LogP contribution in [-0.2, 0) is 0 Å². The number of nitro groups is 1. The van der Waals surface area contributed by atoms with Gasteiger partial charge in [0.1, 0.15) is 5.82 Å². The Bertz CT molecular complexity index is 481. The first-order valence-electron chi connectivity index (χ1n) is 6.37. The Hall–Kier alpha value is -1.69. The molecule has 0 radical (unpaired) electrons. The van der Waals surface area contributed by atoms with Crippen LogP contribution in [0, 0.1) is 15.9 Å². The van der Waals surface area contributed by atoms with E-state index in [1.807, 2.05) is 11.9 Å². The number of nitrogens with zero attached hydrogens (tertiary/aromatic N) is 3. The second kappa shape index (κ2) is 5.52. The molecule has 1 heterocycles. The zero-order chi connectivity index (χ0) is 14.0. The topological polar surface area (TPSA) is 49.6 Å². The predicted molar refractivity (Wildman–Crippen MR) is 72.0 cm³/mol. The lowest BCUT2D eigenvalue weighted by Crippen LogP contribution is -2.38. The fourth-order valence-corrected chi connectivity index (χ4v) is 2.59. The number of halogens is 1. The van der Waals surface area contributed by atoms with E-state index in [0.717, 1.165) is 32.1 Å². The number of likely N-dealkylation sites (N-methyl/N-ethyl adjacent to an activating group) is 1. The summed E-state index contributed by atoms with van der Waals surface area (Å²) in [6, 6.07) is 3.98. The molecule has 2 rings (SSSR count). The van der Waals surface area contributed by atoms with E-state index in [1.165, 1.54) is 12.1 Å². The molecule has 1 aliphatic heterocycles. The third-order valence-corrected chi connectivity index (χ3v) is 3.46. The van der Waals surface area contributed by atoms with Crippen LogP contribution in [0.1, 0.15) is 13.3 Å². The zero-order valence-corrected chi connectivity index (χ0v) is 11.2. The van der Waals surface area contributed by atoms with Gasteiger partial charge in [-0.3, -0.25) is 10.1 Å². The van der Waals surface area contributed by atoms with E-state index in [4.69, 9.17) is 0 Å². The largest absolute Gasteiger partial charge is 0.367 e. The molecule has 0 aromatic heterocycles. The van der Waals surface area contributed by atoms with Gasteiger partial charge in [0.25, 0.3) is 5.69 Å². The lowest BCUT2D eigenvalue weighted by Gasteiger charge is -2.30. The molecule has 1 aliphatic rings. The van der Waals surface area contributed by atoms with Crippen LogP contribution in [0.2, 0.25) is 0 Å². The van der Waals surface area contributed by atoms with Gasteiger partial charge in [-0.05, 0) is 33.0 Å². The summed E-state index contributed by atoms with van der Waals surface area (Å²) in [5.41, 5.74) is 0.398. The first-order chi connectivity index (χ1) is 8.97. The quantitative estimate of drug-likeness (QED) is 0.609. The van der Waals surface area contributed by atoms with Gasteiger partial charge in [0.15, 0.2) is 0 Å². The highest BCUT2D eigenvalue weighted by molar-refractivity contribution is 5.54. The Balaban J connectivity index is 2.31. The van der Waals surface area contributed by atoms with Crippen LogP contribution >= 0.6 is 0 Å². The number of rotatable bonds is 2. The zero-order valence-electron chi connectivity index (χ0n) is 11.2. The van der Waals surface area contributed by atoms with Crippen molar-refractivity contribution < 1.29 is 9.31 Å². The summed E-state index contributed by atoms with van der Waals surface area (Å²) in [5.74, 6) is -0.561. The van der Waals surface area contributed by atoms with Gasteiger partial charge in [-0.2, -0.15) is 0 Å². The predicted octanol–water partition coefficient (Wildman–Crippen LogP) is 2.26. The van der Waals surface area contributed by atoms with Crippen LogP contribution in [0.25, 0.3) is 0 Å². The Morgan fingerprint density at radius 2 is 2.11 bits per heavy atom. The van der Waals surface area contributed by atoms with Crippen LogP contribution in [0.4, 0.5) is 15.8 Å². The van der Waals surface area contributed by atoms with Crippen LogP contribution in [0.5, 0.6) is 0 Å². The standard InChI is InChI=1S/C13H18FN3O2/c1-10-9-15(2)4-3-5-16(10)12-6-11(14)7-13(8-12)17(18)19/h6-8,10H,3-5,9H2,1-2H3. The van der Waals surface area contributed by atoms with E-state index >= 15 is 0 Å². The highest BCUT2D eigenvalue weighted by atomic mass is 19.1. The molecule has 0 saturated carbocycles. The summed E-state index contributed by atoms with van der Waals surface area (Å²) >= 11 is 0. The van der Waals surface area contributed by atoms with Crippen molar-refractivity contribution in [2.24, 2.45) is 0 Å². The van der Waals surface area contributed by atoms with E-state index < -0.39 is 10.7 Å². The summed E-state index contributed by atoms with van der Waals surface area (Å²) in [6.45, 7) is 4.69. The van der Waals surface area contributed by atoms with Gasteiger partial charge < -0.3 is 9.80 Å². The molecule has 0 bridgehead atoms. The van der Waals surface area contributed by atoms with Gasteiger partial charge in [0, 0.05) is 30.9 Å². The van der Waals surface area contributed by atoms with Gasteiger partial charge in [-0.15, -0.1) is 0 Å². The fourth-order valence-electron chi connectivity index (χ4n) is 2.59. The van der Waals surface area contributed by atoms with E-state index in [2.05, 4.69) is 11.8 Å². The number of nitro benzene ring substituents is 1. The van der Waals surface area contributed by atoms with E-state index in [0.29, 0.717) is 5.69 Å². The van der Waals surface area contributed by atoms with Crippen molar-refractivity contribution in [3.63, 3.8) is 0 Å². The summed E-state index contributed by atoms with van der Waals surface area (Å²) in [5, 5.41) is 10.8. The molecule has 0 aliphatic carbocycles. The molecule has 0 spiro atoms. The molecule has 0 amide bonds. The normalized spacial score (nSPS) is 21.2. The van der Waals surface area contributed by atoms with Gasteiger partial charge in [-0.1, -0.05) is 0 Å². The Labute approximate surface area is 111 Å². The minimum absolute atomic E-state index is 0.195. The highest BCUT2D eigenvalue weighted by Gasteiger charge is 2.22. The molecule has 1 fully saturated rings. The van der Waals surface area contributed by atoms with E-state index in [9.17, 15) is 14.5 Å². The SMILES string of the molecule is CC1CN(C)CCCN1c1cc(F)cc([N+](=O)[O-])c1. The molecule has 1 atom stereocenters. The van der Waals surface area contributed by atoms with Crippen molar-refractivity contribution in [2.75, 3.05) is 31.6 Å². The summed E-state index contributed by atoms with van der Waals surface area (Å²) in [7, 11) is 2.05. The number of hydrogen-bond donors (Lipinski definition) is 0. The van der Waals surface area contributed by atoms with Crippen molar-refractivity contribution in [2.45, 2.75) is 19.4 Å². The molecule has 6 heteroatoms. The maximum Gasteiger partial charge on any atom is 0.274 e. The van der Waals surface area contributed by atoms with Gasteiger partial charge in [0.2, 0.25) is 0 Å². The number of anilines is 1. The maximum atomic E-state index is 13.5. The average Bonchev–Trinajstić information content (AvgIpc) is 2.49. The first kappa shape index (κ1) is 13.7. The molecule has 104 valence electrons.